The highest BCUT2D eigenvalue weighted by molar-refractivity contribution is 6.23. The van der Waals surface area contributed by atoms with Gasteiger partial charge in [-0.05, 0) is 6.08 Å². The average molecular weight is 186 g/mol. The summed E-state index contributed by atoms with van der Waals surface area (Å²) < 4.78 is 1.71. The van der Waals surface area contributed by atoms with Crippen LogP contribution >= 0.6 is 0 Å². The van der Waals surface area contributed by atoms with Gasteiger partial charge in [-0.25, -0.2) is 4.98 Å². The summed E-state index contributed by atoms with van der Waals surface area (Å²) in [7, 11) is 7.15. The molecule has 0 fully saturated rings. The molecule has 0 bridgehead atoms. The van der Waals surface area contributed by atoms with E-state index in [0.29, 0.717) is 17.0 Å². The van der Waals surface area contributed by atoms with Crippen LogP contribution < -0.4 is 5.73 Å². The van der Waals surface area contributed by atoms with E-state index in [1.54, 1.807) is 30.0 Å². The number of imidazole rings is 1. The molecule has 3 N–H and O–H groups in total. The van der Waals surface area contributed by atoms with Gasteiger partial charge in [-0.1, -0.05) is 6.08 Å². The summed E-state index contributed by atoms with van der Waals surface area (Å²) in [4.78, 5) is 4.07. The molecule has 5 heteroatoms. The van der Waals surface area contributed by atoms with Crippen LogP contribution in [-0.2, 0) is 7.05 Å². The minimum atomic E-state index is -0.00812. The van der Waals surface area contributed by atoms with E-state index in [1.807, 2.05) is 0 Å². The van der Waals surface area contributed by atoms with Crippen LogP contribution in [0.3, 0.4) is 0 Å². The van der Waals surface area contributed by atoms with Gasteiger partial charge in [0.15, 0.2) is 0 Å². The van der Waals surface area contributed by atoms with Gasteiger partial charge in [0.25, 0.3) is 0 Å². The van der Waals surface area contributed by atoms with Crippen LogP contribution in [0.15, 0.2) is 24.3 Å². The third kappa shape index (κ3) is 2.13. The highest BCUT2D eigenvalue weighted by Gasteiger charge is 2.05. The van der Waals surface area contributed by atoms with Gasteiger partial charge in [0.2, 0.25) is 0 Å². The lowest BCUT2D eigenvalue weighted by atomic mass is 9.98. The van der Waals surface area contributed by atoms with Crippen LogP contribution in [-0.4, -0.2) is 23.2 Å². The lowest BCUT2D eigenvalue weighted by molar-refractivity contribution is 0.884. The van der Waals surface area contributed by atoms with E-state index in [0.717, 1.165) is 0 Å². The molecule has 0 atom stereocenters. The number of nitrogens with two attached hydrogens (primary N) is 1. The smallest absolute Gasteiger partial charge is 0.141 e. The summed E-state index contributed by atoms with van der Waals surface area (Å²) >= 11 is 0. The molecule has 0 aliphatic carbocycles. The average Bonchev–Trinajstić information content (AvgIpc) is 2.43. The number of rotatable bonds is 3. The fraction of sp³-hybridized carbons (Fsp3) is 0.111. The minimum Gasteiger partial charge on any atom is -0.382 e. The Labute approximate surface area is 84.1 Å². The minimum absolute atomic E-state index is 0.00812. The number of amidine groups is 1. The lowest BCUT2D eigenvalue weighted by Gasteiger charge is -2.00. The summed E-state index contributed by atoms with van der Waals surface area (Å²) in [6, 6.07) is 0. The van der Waals surface area contributed by atoms with Crippen molar-refractivity contribution in [2.24, 2.45) is 12.8 Å². The molecule has 4 nitrogen and oxygen atoms in total. The summed E-state index contributed by atoms with van der Waals surface area (Å²) in [5, 5.41) is 7.26. The number of allylic oxidation sites excluding steroid dienone is 2. The summed E-state index contributed by atoms with van der Waals surface area (Å²) in [6.45, 7) is 3.53. The predicted octanol–water partition coefficient (Wildman–Crippen LogP) is 0.400. The monoisotopic (exact) mass is 186 g/mol. The first-order chi connectivity index (χ1) is 6.52. The molecule has 0 aliphatic heterocycles. The maximum atomic E-state index is 7.26. The fourth-order valence-electron chi connectivity index (χ4n) is 1.01. The molecule has 0 aromatic carbocycles. The molecular weight excluding hydrogens is 175 g/mol. The first-order valence-corrected chi connectivity index (χ1v) is 4.01. The Hall–Kier alpha value is -1.78. The van der Waals surface area contributed by atoms with Crippen LogP contribution in [0.25, 0.3) is 6.08 Å². The van der Waals surface area contributed by atoms with Gasteiger partial charge in [-0.2, -0.15) is 0 Å². The van der Waals surface area contributed by atoms with Crippen molar-refractivity contribution < 1.29 is 0 Å². The second-order valence-corrected chi connectivity index (χ2v) is 2.88. The summed E-state index contributed by atoms with van der Waals surface area (Å²) in [5.74, 6) is 0.674. The summed E-state index contributed by atoms with van der Waals surface area (Å²) in [6.07, 6.45) is 4.91. The fourth-order valence-corrected chi connectivity index (χ4v) is 1.01. The van der Waals surface area contributed by atoms with Gasteiger partial charge >= 0.3 is 0 Å². The number of hydrogen-bond donors (Lipinski definition) is 2. The molecule has 0 saturated carbocycles. The predicted molar refractivity (Wildman–Crippen MR) is 58.2 cm³/mol. The zero-order chi connectivity index (χ0) is 10.7. The van der Waals surface area contributed by atoms with E-state index in [2.05, 4.69) is 11.6 Å². The molecule has 0 amide bonds. The maximum Gasteiger partial charge on any atom is 0.141 e. The highest BCUT2D eigenvalue weighted by atomic mass is 15.1. The van der Waals surface area contributed by atoms with Gasteiger partial charge in [0, 0.05) is 7.05 Å². The normalized spacial score (nSPS) is 10.6. The van der Waals surface area contributed by atoms with E-state index in [-0.39, 0.29) is 5.84 Å². The van der Waals surface area contributed by atoms with Crippen LogP contribution in [0.2, 0.25) is 0 Å². The van der Waals surface area contributed by atoms with Gasteiger partial charge in [-0.3, -0.25) is 5.41 Å². The molecule has 0 spiro atoms. The molecule has 1 heterocycles. The Bertz CT molecular complexity index is 403. The van der Waals surface area contributed by atoms with Gasteiger partial charge < -0.3 is 10.3 Å². The van der Waals surface area contributed by atoms with E-state index in [9.17, 15) is 0 Å². The van der Waals surface area contributed by atoms with E-state index in [1.165, 1.54) is 0 Å². The summed E-state index contributed by atoms with van der Waals surface area (Å²) in [5.41, 5.74) is 6.37. The van der Waals surface area contributed by atoms with E-state index >= 15 is 0 Å². The Morgan fingerprint density at radius 1 is 1.79 bits per heavy atom. The number of hydrogen-bond acceptors (Lipinski definition) is 2. The van der Waals surface area contributed by atoms with Gasteiger partial charge in [0.05, 0.1) is 6.20 Å². The van der Waals surface area contributed by atoms with Crippen molar-refractivity contribution in [3.63, 3.8) is 0 Å². The zero-order valence-corrected chi connectivity index (χ0v) is 7.99. The van der Waals surface area contributed by atoms with Crippen molar-refractivity contribution in [3.05, 3.63) is 35.8 Å². The van der Waals surface area contributed by atoms with E-state index in [4.69, 9.17) is 19.0 Å². The van der Waals surface area contributed by atoms with Crippen LogP contribution in [0.1, 0.15) is 11.5 Å². The Kier molecular flexibility index (Phi) is 2.91. The number of nitrogens with one attached hydrogen (secondary N) is 1. The SMILES string of the molecule is [B]C(=C)/C=C\c1ncc(C(=N)N)n1C. The number of nitrogens with zero attached hydrogens (tertiary/aromatic N) is 2. The second kappa shape index (κ2) is 3.96. The molecule has 1 aromatic heterocycles. The van der Waals surface area contributed by atoms with Crippen molar-refractivity contribution in [2.45, 2.75) is 0 Å². The third-order valence-electron chi connectivity index (χ3n) is 1.75. The number of nitrogen functional groups attached to an aromatic ring is 1. The van der Waals surface area contributed by atoms with Crippen LogP contribution in [0.5, 0.6) is 0 Å². The Morgan fingerprint density at radius 3 is 2.86 bits per heavy atom. The largest absolute Gasteiger partial charge is 0.382 e. The first kappa shape index (κ1) is 10.3. The molecule has 70 valence electrons. The third-order valence-corrected chi connectivity index (χ3v) is 1.75. The quantitative estimate of drug-likeness (QED) is 0.310. The number of aromatic nitrogens is 2. The van der Waals surface area contributed by atoms with Crippen molar-refractivity contribution >= 4 is 19.8 Å². The molecular formula is C9H11BN4. The van der Waals surface area contributed by atoms with Crippen molar-refractivity contribution in [2.75, 3.05) is 0 Å². The molecule has 0 saturated heterocycles. The molecule has 0 unspecified atom stereocenters. The molecule has 1 aromatic rings. The highest BCUT2D eigenvalue weighted by Crippen LogP contribution is 2.04. The maximum absolute atomic E-state index is 7.26. The zero-order valence-electron chi connectivity index (χ0n) is 7.99. The van der Waals surface area contributed by atoms with Crippen molar-refractivity contribution in [1.29, 1.82) is 5.41 Å². The Morgan fingerprint density at radius 2 is 2.43 bits per heavy atom. The first-order valence-electron chi connectivity index (χ1n) is 4.01. The van der Waals surface area contributed by atoms with E-state index < -0.39 is 0 Å². The topological polar surface area (TPSA) is 67.7 Å². The standard InChI is InChI=1S/C9H11BN4/c1-6(10)3-4-8-13-5-7(9(11)12)14(8)2/h3-5H,1H2,2H3,(H3,11,12)/b4-3-. The van der Waals surface area contributed by atoms with Crippen LogP contribution in [0.4, 0.5) is 0 Å². The molecule has 2 radical (unpaired) electrons. The molecule has 14 heavy (non-hydrogen) atoms. The Balaban J connectivity index is 3.01. The lowest BCUT2D eigenvalue weighted by Crippen LogP contribution is -2.15. The molecule has 0 aliphatic rings. The van der Waals surface area contributed by atoms with Crippen LogP contribution in [0, 0.1) is 5.41 Å². The van der Waals surface area contributed by atoms with Gasteiger partial charge in [-0.15, -0.1) is 12.1 Å². The van der Waals surface area contributed by atoms with Crippen molar-refractivity contribution in [1.82, 2.24) is 9.55 Å². The second-order valence-electron chi connectivity index (χ2n) is 2.88. The molecule has 1 rings (SSSR count). The van der Waals surface area contributed by atoms with Gasteiger partial charge in [0.1, 0.15) is 25.2 Å². The van der Waals surface area contributed by atoms with Crippen molar-refractivity contribution in [3.8, 4) is 0 Å².